The molecule has 1 heterocycles. The fourth-order valence-corrected chi connectivity index (χ4v) is 3.57. The summed E-state index contributed by atoms with van der Waals surface area (Å²) in [6.45, 7) is 2.36. The number of carboxylic acids is 1. The lowest BCUT2D eigenvalue weighted by molar-refractivity contribution is -0.138. The van der Waals surface area contributed by atoms with Gasteiger partial charge in [-0.15, -0.1) is 0 Å². The van der Waals surface area contributed by atoms with Crippen LogP contribution in [0.15, 0.2) is 36.4 Å². The average molecular weight is 384 g/mol. The molecule has 7 nitrogen and oxygen atoms in total. The molecule has 28 heavy (non-hydrogen) atoms. The maximum atomic E-state index is 12.9. The van der Waals surface area contributed by atoms with Crippen molar-refractivity contribution < 1.29 is 24.2 Å². The molecule has 0 radical (unpaired) electrons. The van der Waals surface area contributed by atoms with E-state index in [0.29, 0.717) is 30.2 Å². The van der Waals surface area contributed by atoms with E-state index in [2.05, 4.69) is 5.32 Å². The van der Waals surface area contributed by atoms with Crippen molar-refractivity contribution >= 4 is 17.7 Å². The van der Waals surface area contributed by atoms with E-state index in [-0.39, 0.29) is 12.5 Å². The lowest BCUT2D eigenvalue weighted by Gasteiger charge is -2.37. The summed E-state index contributed by atoms with van der Waals surface area (Å²) in [6.07, 6.45) is 0.413. The summed E-state index contributed by atoms with van der Waals surface area (Å²) in [4.78, 5) is 26.0. The Kier molecular flexibility index (Phi) is 5.73. The number of aryl methyl sites for hydroxylation is 1. The number of hydrogen-bond donors (Lipinski definition) is 2. The van der Waals surface area contributed by atoms with E-state index < -0.39 is 12.0 Å². The van der Waals surface area contributed by atoms with Gasteiger partial charge in [-0.25, -0.2) is 4.79 Å². The van der Waals surface area contributed by atoms with Crippen LogP contribution in [0.5, 0.6) is 11.5 Å². The minimum Gasteiger partial charge on any atom is -0.493 e. The normalized spacial score (nSPS) is 15.5. The number of methoxy groups -OCH3 is 2. The van der Waals surface area contributed by atoms with Crippen LogP contribution in [-0.2, 0) is 11.2 Å². The Bertz CT molecular complexity index is 896. The Labute approximate surface area is 163 Å². The first-order chi connectivity index (χ1) is 13.4. The van der Waals surface area contributed by atoms with Crippen LogP contribution < -0.4 is 14.8 Å². The van der Waals surface area contributed by atoms with Crippen molar-refractivity contribution in [2.75, 3.05) is 26.1 Å². The summed E-state index contributed by atoms with van der Waals surface area (Å²) >= 11 is 0. The molecule has 148 valence electrons. The Morgan fingerprint density at radius 3 is 2.54 bits per heavy atom. The second kappa shape index (κ2) is 8.21. The number of anilines is 1. The molecule has 1 aliphatic rings. The van der Waals surface area contributed by atoms with E-state index in [9.17, 15) is 14.7 Å². The number of hydrogen-bond acceptors (Lipinski definition) is 4. The zero-order valence-corrected chi connectivity index (χ0v) is 16.2. The zero-order valence-electron chi connectivity index (χ0n) is 16.2. The van der Waals surface area contributed by atoms with E-state index in [1.807, 2.05) is 37.3 Å². The van der Waals surface area contributed by atoms with Crippen LogP contribution in [0, 0.1) is 6.92 Å². The topological polar surface area (TPSA) is 88.1 Å². The molecule has 0 saturated heterocycles. The van der Waals surface area contributed by atoms with Crippen LogP contribution in [0.2, 0.25) is 0 Å². The van der Waals surface area contributed by atoms with Crippen molar-refractivity contribution in [3.05, 3.63) is 53.1 Å². The first kappa shape index (κ1) is 19.5. The summed E-state index contributed by atoms with van der Waals surface area (Å²) in [5.74, 6) is 0.131. The molecule has 0 unspecified atom stereocenters. The molecule has 0 saturated carbocycles. The van der Waals surface area contributed by atoms with E-state index in [1.54, 1.807) is 18.1 Å². The number of aliphatic carboxylic acids is 1. The van der Waals surface area contributed by atoms with E-state index in [4.69, 9.17) is 9.47 Å². The Balaban J connectivity index is 1.94. The molecular weight excluding hydrogens is 360 g/mol. The number of amides is 2. The minimum atomic E-state index is -0.971. The summed E-state index contributed by atoms with van der Waals surface area (Å²) in [6, 6.07) is 10.2. The smallest absolute Gasteiger partial charge is 0.322 e. The molecule has 2 aromatic carbocycles. The molecule has 1 aliphatic heterocycles. The molecule has 7 heteroatoms. The fourth-order valence-electron chi connectivity index (χ4n) is 3.57. The highest BCUT2D eigenvalue weighted by Gasteiger charge is 2.33. The molecule has 0 fully saturated rings. The third kappa shape index (κ3) is 4.03. The standard InChI is InChI=1S/C21H24N2O5/c1-13-5-4-6-15(9-13)22-21(26)23-8-7-14-10-18(27-2)19(28-3)11-16(14)17(23)12-20(24)25/h4-6,9-11,17H,7-8,12H2,1-3H3,(H,22,26)(H,24,25)/t17-/m1/s1. The quantitative estimate of drug-likeness (QED) is 0.822. The second-order valence-corrected chi connectivity index (χ2v) is 6.76. The van der Waals surface area contributed by atoms with Gasteiger partial charge in [-0.2, -0.15) is 0 Å². The number of rotatable bonds is 5. The van der Waals surface area contributed by atoms with Crippen LogP contribution in [0.1, 0.15) is 29.2 Å². The molecule has 3 rings (SSSR count). The van der Waals surface area contributed by atoms with Gasteiger partial charge >= 0.3 is 12.0 Å². The van der Waals surface area contributed by atoms with Crippen LogP contribution in [-0.4, -0.2) is 42.8 Å². The molecule has 2 amide bonds. The maximum Gasteiger partial charge on any atom is 0.322 e. The minimum absolute atomic E-state index is 0.191. The molecule has 0 spiro atoms. The van der Waals surface area contributed by atoms with Crippen molar-refractivity contribution in [2.45, 2.75) is 25.8 Å². The lowest BCUT2D eigenvalue weighted by Crippen LogP contribution is -2.43. The van der Waals surface area contributed by atoms with E-state index in [0.717, 1.165) is 16.7 Å². The van der Waals surface area contributed by atoms with Crippen molar-refractivity contribution in [1.29, 1.82) is 0 Å². The van der Waals surface area contributed by atoms with Crippen molar-refractivity contribution in [3.8, 4) is 11.5 Å². The van der Waals surface area contributed by atoms with Crippen molar-refractivity contribution in [2.24, 2.45) is 0 Å². The lowest BCUT2D eigenvalue weighted by atomic mass is 9.90. The number of nitrogens with zero attached hydrogens (tertiary/aromatic N) is 1. The number of fused-ring (bicyclic) bond motifs is 1. The third-order valence-electron chi connectivity index (χ3n) is 4.90. The monoisotopic (exact) mass is 384 g/mol. The number of ether oxygens (including phenoxy) is 2. The van der Waals surface area contributed by atoms with Crippen LogP contribution in [0.25, 0.3) is 0 Å². The predicted molar refractivity (Wildman–Crippen MR) is 105 cm³/mol. The summed E-state index contributed by atoms with van der Waals surface area (Å²) in [5, 5.41) is 12.3. The number of nitrogens with one attached hydrogen (secondary N) is 1. The summed E-state index contributed by atoms with van der Waals surface area (Å²) in [7, 11) is 3.09. The molecule has 2 aromatic rings. The molecule has 2 N–H and O–H groups in total. The van der Waals surface area contributed by atoms with Gasteiger partial charge in [0, 0.05) is 12.2 Å². The molecular formula is C21H24N2O5. The first-order valence-electron chi connectivity index (χ1n) is 9.03. The predicted octanol–water partition coefficient (Wildman–Crippen LogP) is 3.62. The summed E-state index contributed by atoms with van der Waals surface area (Å²) in [5.41, 5.74) is 3.44. The largest absolute Gasteiger partial charge is 0.493 e. The van der Waals surface area contributed by atoms with Crippen LogP contribution >= 0.6 is 0 Å². The summed E-state index contributed by atoms with van der Waals surface area (Å²) < 4.78 is 10.7. The highest BCUT2D eigenvalue weighted by molar-refractivity contribution is 5.90. The Hall–Kier alpha value is -3.22. The molecule has 1 atom stereocenters. The second-order valence-electron chi connectivity index (χ2n) is 6.76. The van der Waals surface area contributed by atoms with Gasteiger partial charge in [0.25, 0.3) is 0 Å². The van der Waals surface area contributed by atoms with E-state index >= 15 is 0 Å². The Morgan fingerprint density at radius 1 is 1.18 bits per heavy atom. The van der Waals surface area contributed by atoms with Gasteiger partial charge in [-0.1, -0.05) is 12.1 Å². The molecule has 0 aliphatic carbocycles. The fraction of sp³-hybridized carbons (Fsp3) is 0.333. The van der Waals surface area contributed by atoms with Crippen molar-refractivity contribution in [1.82, 2.24) is 4.90 Å². The van der Waals surface area contributed by atoms with Gasteiger partial charge in [-0.05, 0) is 54.3 Å². The zero-order chi connectivity index (χ0) is 20.3. The van der Waals surface area contributed by atoms with Crippen molar-refractivity contribution in [3.63, 3.8) is 0 Å². The number of urea groups is 1. The van der Waals surface area contributed by atoms with E-state index in [1.165, 1.54) is 7.11 Å². The molecule has 0 aromatic heterocycles. The number of carbonyl (C=O) groups excluding carboxylic acids is 1. The number of carboxylic acid groups (broad SMARTS) is 1. The number of benzene rings is 2. The first-order valence-corrected chi connectivity index (χ1v) is 9.03. The molecule has 0 bridgehead atoms. The van der Waals surface area contributed by atoms with Gasteiger partial charge in [0.15, 0.2) is 11.5 Å². The van der Waals surface area contributed by atoms with Gasteiger partial charge < -0.3 is 24.8 Å². The van der Waals surface area contributed by atoms with Crippen LogP contribution in [0.4, 0.5) is 10.5 Å². The maximum absolute atomic E-state index is 12.9. The van der Waals surface area contributed by atoms with Gasteiger partial charge in [0.2, 0.25) is 0 Å². The van der Waals surface area contributed by atoms with Gasteiger partial charge in [0.05, 0.1) is 26.7 Å². The number of carbonyl (C=O) groups is 2. The average Bonchev–Trinajstić information content (AvgIpc) is 2.66. The third-order valence-corrected chi connectivity index (χ3v) is 4.90. The highest BCUT2D eigenvalue weighted by atomic mass is 16.5. The highest BCUT2D eigenvalue weighted by Crippen LogP contribution is 2.39. The van der Waals surface area contributed by atoms with Gasteiger partial charge in [-0.3, -0.25) is 4.79 Å². The SMILES string of the molecule is COc1cc2c(cc1OC)[C@@H](CC(=O)O)N(C(=O)Nc1cccc(C)c1)CC2. The van der Waals surface area contributed by atoms with Gasteiger partial charge in [0.1, 0.15) is 0 Å². The Morgan fingerprint density at radius 2 is 1.89 bits per heavy atom. The van der Waals surface area contributed by atoms with Crippen LogP contribution in [0.3, 0.4) is 0 Å².